The summed E-state index contributed by atoms with van der Waals surface area (Å²) in [6.45, 7) is 0.969. The third kappa shape index (κ3) is 4.20. The Hall–Kier alpha value is -3.19. The number of nitrogens with zero attached hydrogens (tertiary/aromatic N) is 3. The molecular formula is C24H19F4N3O2S. The van der Waals surface area contributed by atoms with Gasteiger partial charge in [0.25, 0.3) is 12.0 Å². The molecule has 5 rings (SSSR count). The van der Waals surface area contributed by atoms with Crippen LogP contribution in [0.1, 0.15) is 36.6 Å². The predicted molar refractivity (Wildman–Crippen MR) is 120 cm³/mol. The molecule has 34 heavy (non-hydrogen) atoms. The third-order valence-electron chi connectivity index (χ3n) is 5.87. The van der Waals surface area contributed by atoms with Crippen molar-refractivity contribution in [1.29, 1.82) is 0 Å². The standard InChI is InChI=1S/C24H19F4N3O2S/c1-24(28)10-31(11-24)18(32)9-30-12-29-22-20(23(30)33)19(17(34-22)7-4-13-2-3-13)14-5-6-16(25)15(8-14)21(26)27/h5-6,8,12-13,21H,2-3,9-11H2,1H3. The summed E-state index contributed by atoms with van der Waals surface area (Å²) in [5, 5.41) is 0.131. The molecular weight excluding hydrogens is 470 g/mol. The molecule has 5 nitrogen and oxygen atoms in total. The number of hydrogen-bond acceptors (Lipinski definition) is 4. The van der Waals surface area contributed by atoms with Gasteiger partial charge < -0.3 is 4.90 Å². The van der Waals surface area contributed by atoms with Gasteiger partial charge in [0.15, 0.2) is 0 Å². The molecule has 2 aromatic heterocycles. The number of likely N-dealkylation sites (tertiary alicyclic amines) is 1. The molecule has 1 aliphatic carbocycles. The Morgan fingerprint density at radius 1 is 1.32 bits per heavy atom. The van der Waals surface area contributed by atoms with E-state index in [1.807, 2.05) is 0 Å². The molecule has 0 bridgehead atoms. The fraction of sp³-hybridized carbons (Fsp3) is 0.375. The lowest BCUT2D eigenvalue weighted by Crippen LogP contribution is -2.60. The van der Waals surface area contributed by atoms with E-state index in [2.05, 4.69) is 16.8 Å². The zero-order valence-corrected chi connectivity index (χ0v) is 18.9. The average molecular weight is 489 g/mol. The minimum absolute atomic E-state index is 0.0488. The molecule has 1 saturated heterocycles. The first-order valence-corrected chi connectivity index (χ1v) is 11.5. The molecule has 1 amide bonds. The monoisotopic (exact) mass is 489 g/mol. The Labute approximate surface area is 196 Å². The lowest BCUT2D eigenvalue weighted by Gasteiger charge is -2.42. The second-order valence-electron chi connectivity index (χ2n) is 8.91. The second-order valence-corrected chi connectivity index (χ2v) is 9.91. The van der Waals surface area contributed by atoms with Gasteiger partial charge in [0.05, 0.1) is 35.2 Å². The largest absolute Gasteiger partial charge is 0.335 e. The van der Waals surface area contributed by atoms with Gasteiger partial charge in [0.1, 0.15) is 22.9 Å². The van der Waals surface area contributed by atoms with E-state index in [9.17, 15) is 27.2 Å². The molecule has 1 saturated carbocycles. The van der Waals surface area contributed by atoms with Crippen LogP contribution in [0.3, 0.4) is 0 Å². The van der Waals surface area contributed by atoms with Crippen LogP contribution in [-0.2, 0) is 11.3 Å². The lowest BCUT2D eigenvalue weighted by atomic mass is 9.99. The van der Waals surface area contributed by atoms with E-state index >= 15 is 0 Å². The van der Waals surface area contributed by atoms with Crippen molar-refractivity contribution in [2.75, 3.05) is 13.1 Å². The molecule has 2 fully saturated rings. The third-order valence-corrected chi connectivity index (χ3v) is 6.88. The van der Waals surface area contributed by atoms with Crippen LogP contribution in [0.2, 0.25) is 0 Å². The molecule has 10 heteroatoms. The minimum Gasteiger partial charge on any atom is -0.335 e. The number of hydrogen-bond donors (Lipinski definition) is 0. The van der Waals surface area contributed by atoms with E-state index in [1.54, 1.807) is 0 Å². The Kier molecular flexibility index (Phi) is 5.47. The maximum atomic E-state index is 13.9. The van der Waals surface area contributed by atoms with Crippen LogP contribution >= 0.6 is 11.3 Å². The zero-order chi connectivity index (χ0) is 24.2. The first-order valence-electron chi connectivity index (χ1n) is 10.7. The minimum atomic E-state index is -3.03. The van der Waals surface area contributed by atoms with E-state index in [0.29, 0.717) is 15.3 Å². The number of aromatic nitrogens is 2. The molecule has 3 heterocycles. The van der Waals surface area contributed by atoms with Crippen LogP contribution in [0.25, 0.3) is 21.3 Å². The van der Waals surface area contributed by atoms with Gasteiger partial charge in [-0.1, -0.05) is 17.9 Å². The highest BCUT2D eigenvalue weighted by Crippen LogP contribution is 2.38. The molecule has 176 valence electrons. The lowest BCUT2D eigenvalue weighted by molar-refractivity contribution is -0.144. The Bertz CT molecular complexity index is 1420. The number of amides is 1. The van der Waals surface area contributed by atoms with Crippen molar-refractivity contribution in [2.24, 2.45) is 5.92 Å². The van der Waals surface area contributed by atoms with Crippen LogP contribution in [0.15, 0.2) is 29.3 Å². The number of carbonyl (C=O) groups excluding carboxylic acids is 1. The predicted octanol–water partition coefficient (Wildman–Crippen LogP) is 4.53. The van der Waals surface area contributed by atoms with E-state index in [4.69, 9.17) is 0 Å². The van der Waals surface area contributed by atoms with Crippen molar-refractivity contribution in [3.05, 3.63) is 51.1 Å². The second kappa shape index (κ2) is 8.24. The Morgan fingerprint density at radius 3 is 2.71 bits per heavy atom. The van der Waals surface area contributed by atoms with Gasteiger partial charge in [-0.05, 0) is 37.5 Å². The van der Waals surface area contributed by atoms with Crippen LogP contribution in [0.4, 0.5) is 17.6 Å². The maximum Gasteiger partial charge on any atom is 0.266 e. The Morgan fingerprint density at radius 2 is 2.06 bits per heavy atom. The fourth-order valence-corrected chi connectivity index (χ4v) is 4.95. The number of fused-ring (bicyclic) bond motifs is 1. The number of carbonyl (C=O) groups is 1. The zero-order valence-electron chi connectivity index (χ0n) is 18.1. The first kappa shape index (κ1) is 22.6. The smallest absolute Gasteiger partial charge is 0.266 e. The van der Waals surface area contributed by atoms with Crippen molar-refractivity contribution >= 4 is 27.5 Å². The van der Waals surface area contributed by atoms with Crippen molar-refractivity contribution in [3.8, 4) is 23.0 Å². The highest BCUT2D eigenvalue weighted by atomic mass is 32.1. The quantitative estimate of drug-likeness (QED) is 0.400. The molecule has 0 spiro atoms. The summed E-state index contributed by atoms with van der Waals surface area (Å²) < 4.78 is 55.6. The highest BCUT2D eigenvalue weighted by Gasteiger charge is 2.41. The molecule has 0 radical (unpaired) electrons. The number of rotatable bonds is 4. The topological polar surface area (TPSA) is 55.2 Å². The molecule has 2 aliphatic rings. The van der Waals surface area contributed by atoms with Crippen LogP contribution < -0.4 is 5.56 Å². The van der Waals surface area contributed by atoms with Gasteiger partial charge in [0.2, 0.25) is 5.91 Å². The molecule has 1 aromatic carbocycles. The van der Waals surface area contributed by atoms with Crippen molar-refractivity contribution in [3.63, 3.8) is 0 Å². The molecule has 3 aromatic rings. The Balaban J connectivity index is 1.62. The number of benzene rings is 1. The average Bonchev–Trinajstić information content (AvgIpc) is 3.52. The van der Waals surface area contributed by atoms with E-state index in [1.165, 1.54) is 24.2 Å². The van der Waals surface area contributed by atoms with Gasteiger partial charge in [-0.3, -0.25) is 14.2 Å². The summed E-state index contributed by atoms with van der Waals surface area (Å²) >= 11 is 1.15. The normalized spacial score (nSPS) is 16.9. The van der Waals surface area contributed by atoms with Crippen LogP contribution in [0, 0.1) is 23.6 Å². The van der Waals surface area contributed by atoms with Gasteiger partial charge >= 0.3 is 0 Å². The van der Waals surface area contributed by atoms with Crippen LogP contribution in [0.5, 0.6) is 0 Å². The summed E-state index contributed by atoms with van der Waals surface area (Å²) in [5.41, 5.74) is -2.24. The van der Waals surface area contributed by atoms with Gasteiger partial charge in [-0.15, -0.1) is 11.3 Å². The number of alkyl halides is 3. The van der Waals surface area contributed by atoms with Crippen molar-refractivity contribution in [1.82, 2.24) is 14.5 Å². The summed E-state index contributed by atoms with van der Waals surface area (Å²) in [7, 11) is 0. The van der Waals surface area contributed by atoms with E-state index in [0.717, 1.165) is 40.9 Å². The van der Waals surface area contributed by atoms with Crippen molar-refractivity contribution < 1.29 is 22.4 Å². The molecule has 1 aliphatic heterocycles. The summed E-state index contributed by atoms with van der Waals surface area (Å²) in [6.07, 6.45) is 0.155. The van der Waals surface area contributed by atoms with Gasteiger partial charge in [-0.25, -0.2) is 22.5 Å². The number of halogens is 4. The van der Waals surface area contributed by atoms with Gasteiger partial charge in [0, 0.05) is 11.5 Å². The van der Waals surface area contributed by atoms with Gasteiger partial charge in [-0.2, -0.15) is 0 Å². The molecule has 0 unspecified atom stereocenters. The molecule has 0 atom stereocenters. The number of thiophene rings is 1. The highest BCUT2D eigenvalue weighted by molar-refractivity contribution is 7.19. The van der Waals surface area contributed by atoms with Crippen molar-refractivity contribution in [2.45, 2.75) is 38.4 Å². The molecule has 0 N–H and O–H groups in total. The summed E-state index contributed by atoms with van der Waals surface area (Å²) in [4.78, 5) is 32.3. The summed E-state index contributed by atoms with van der Waals surface area (Å²) in [5.74, 6) is 4.93. The summed E-state index contributed by atoms with van der Waals surface area (Å²) in [6, 6.07) is 3.29. The fourth-order valence-electron chi connectivity index (χ4n) is 3.94. The first-order chi connectivity index (χ1) is 16.1. The van der Waals surface area contributed by atoms with E-state index in [-0.39, 0.29) is 36.5 Å². The van der Waals surface area contributed by atoms with E-state index < -0.39 is 34.9 Å². The SMILES string of the molecule is CC1(F)CN(C(=O)Cn2cnc3sc(C#CC4CC4)c(-c4ccc(F)c(C(F)F)c4)c3c2=O)C1. The van der Waals surface area contributed by atoms with Crippen LogP contribution in [-0.4, -0.2) is 39.1 Å². The maximum absolute atomic E-state index is 13.9.